The van der Waals surface area contributed by atoms with E-state index < -0.39 is 0 Å². The van der Waals surface area contributed by atoms with Crippen LogP contribution in [-0.2, 0) is 4.74 Å². The number of carbonyl (C=O) groups is 1. The zero-order valence-corrected chi connectivity index (χ0v) is 13.7. The molecule has 2 rings (SSSR count). The average molecular weight is 355 g/mol. The molecule has 1 aromatic carbocycles. The number of rotatable bonds is 6. The molecule has 2 aromatic rings. The maximum absolute atomic E-state index is 12.5. The molecule has 5 heteroatoms. The van der Waals surface area contributed by atoms with E-state index in [0.29, 0.717) is 29.4 Å². The third-order valence-electron chi connectivity index (χ3n) is 2.76. The minimum Gasteiger partial charge on any atom is -0.490 e. The van der Waals surface area contributed by atoms with E-state index >= 15 is 0 Å². The molecule has 0 atom stereocenters. The summed E-state index contributed by atoms with van der Waals surface area (Å²) in [6, 6.07) is 9.18. The van der Waals surface area contributed by atoms with E-state index in [-0.39, 0.29) is 5.78 Å². The summed E-state index contributed by atoms with van der Waals surface area (Å²) in [5, 5.41) is 0. The van der Waals surface area contributed by atoms with Gasteiger partial charge >= 0.3 is 0 Å². The Labute approximate surface area is 130 Å². The van der Waals surface area contributed by atoms with E-state index in [2.05, 4.69) is 15.9 Å². The van der Waals surface area contributed by atoms with Crippen LogP contribution >= 0.6 is 27.3 Å². The zero-order valence-electron chi connectivity index (χ0n) is 11.3. The number of aryl methyl sites for hydroxylation is 1. The Kier molecular flexibility index (Phi) is 5.34. The highest BCUT2D eigenvalue weighted by Crippen LogP contribution is 2.31. The summed E-state index contributed by atoms with van der Waals surface area (Å²) in [5.74, 6) is 0.577. The van der Waals surface area contributed by atoms with Crippen molar-refractivity contribution in [2.24, 2.45) is 0 Å². The molecule has 0 aliphatic heterocycles. The number of ether oxygens (including phenoxy) is 2. The lowest BCUT2D eigenvalue weighted by atomic mass is 10.1. The highest BCUT2D eigenvalue weighted by Gasteiger charge is 2.17. The van der Waals surface area contributed by atoms with Crippen LogP contribution in [0.1, 0.15) is 20.8 Å². The van der Waals surface area contributed by atoms with Crippen LogP contribution < -0.4 is 4.74 Å². The van der Waals surface area contributed by atoms with Crippen LogP contribution in [-0.4, -0.2) is 26.1 Å². The predicted molar refractivity (Wildman–Crippen MR) is 84.0 cm³/mol. The Morgan fingerprint density at radius 3 is 2.70 bits per heavy atom. The molecule has 106 valence electrons. The Bertz CT molecular complexity index is 587. The SMILES string of the molecule is COCCOc1ccccc1C(=O)c1cc(C)c(Br)s1. The largest absolute Gasteiger partial charge is 0.490 e. The summed E-state index contributed by atoms with van der Waals surface area (Å²) in [5.41, 5.74) is 1.65. The van der Waals surface area contributed by atoms with Gasteiger partial charge < -0.3 is 9.47 Å². The Balaban J connectivity index is 2.25. The van der Waals surface area contributed by atoms with Gasteiger partial charge in [-0.25, -0.2) is 0 Å². The summed E-state index contributed by atoms with van der Waals surface area (Å²) in [6.45, 7) is 2.89. The molecule has 0 bridgehead atoms. The van der Waals surface area contributed by atoms with Gasteiger partial charge in [-0.3, -0.25) is 4.79 Å². The van der Waals surface area contributed by atoms with Gasteiger partial charge in [0.15, 0.2) is 0 Å². The number of ketones is 1. The topological polar surface area (TPSA) is 35.5 Å². The van der Waals surface area contributed by atoms with Crippen LogP contribution in [0.15, 0.2) is 34.1 Å². The summed E-state index contributed by atoms with van der Waals surface area (Å²) in [7, 11) is 1.62. The van der Waals surface area contributed by atoms with E-state index in [0.717, 1.165) is 9.35 Å². The fourth-order valence-electron chi connectivity index (χ4n) is 1.72. The van der Waals surface area contributed by atoms with Crippen molar-refractivity contribution >= 4 is 33.0 Å². The molecule has 0 unspecified atom stereocenters. The van der Waals surface area contributed by atoms with Gasteiger partial charge in [-0.05, 0) is 46.6 Å². The van der Waals surface area contributed by atoms with Gasteiger partial charge in [0.05, 0.1) is 20.8 Å². The molecule has 0 fully saturated rings. The standard InChI is InChI=1S/C15H15BrO3S/c1-10-9-13(20-15(10)16)14(17)11-5-3-4-6-12(11)19-8-7-18-2/h3-6,9H,7-8H2,1-2H3. The second-order valence-corrected chi connectivity index (χ2v) is 6.60. The van der Waals surface area contributed by atoms with Crippen LogP contribution in [0.5, 0.6) is 5.75 Å². The first-order valence-electron chi connectivity index (χ1n) is 6.15. The van der Waals surface area contributed by atoms with E-state index in [4.69, 9.17) is 9.47 Å². The van der Waals surface area contributed by atoms with Crippen molar-refractivity contribution in [3.8, 4) is 5.75 Å². The molecule has 1 aromatic heterocycles. The molecule has 0 saturated heterocycles. The highest BCUT2D eigenvalue weighted by molar-refractivity contribution is 9.11. The molecular formula is C15H15BrO3S. The number of carbonyl (C=O) groups excluding carboxylic acids is 1. The lowest BCUT2D eigenvalue weighted by Crippen LogP contribution is -2.08. The lowest BCUT2D eigenvalue weighted by molar-refractivity contribution is 0.103. The third kappa shape index (κ3) is 3.48. The molecule has 0 saturated carbocycles. The second-order valence-electron chi connectivity index (χ2n) is 4.23. The van der Waals surface area contributed by atoms with Crippen molar-refractivity contribution in [2.75, 3.05) is 20.3 Å². The van der Waals surface area contributed by atoms with Gasteiger partial charge in [0.2, 0.25) is 5.78 Å². The van der Waals surface area contributed by atoms with Crippen molar-refractivity contribution in [2.45, 2.75) is 6.92 Å². The van der Waals surface area contributed by atoms with Gasteiger partial charge in [-0.1, -0.05) is 12.1 Å². The number of hydrogen-bond donors (Lipinski definition) is 0. The van der Waals surface area contributed by atoms with E-state index in [1.54, 1.807) is 19.2 Å². The smallest absolute Gasteiger partial charge is 0.206 e. The average Bonchev–Trinajstić information content (AvgIpc) is 2.79. The molecule has 0 aliphatic carbocycles. The van der Waals surface area contributed by atoms with Gasteiger partial charge in [-0.15, -0.1) is 11.3 Å². The van der Waals surface area contributed by atoms with Gasteiger partial charge in [-0.2, -0.15) is 0 Å². The second kappa shape index (κ2) is 7.02. The Morgan fingerprint density at radius 2 is 2.05 bits per heavy atom. The molecule has 0 radical (unpaired) electrons. The van der Waals surface area contributed by atoms with Gasteiger partial charge in [0, 0.05) is 7.11 Å². The van der Waals surface area contributed by atoms with Crippen molar-refractivity contribution in [1.29, 1.82) is 0 Å². The fraction of sp³-hybridized carbons (Fsp3) is 0.267. The van der Waals surface area contributed by atoms with E-state index in [1.165, 1.54) is 11.3 Å². The van der Waals surface area contributed by atoms with Crippen molar-refractivity contribution < 1.29 is 14.3 Å². The number of halogens is 1. The molecule has 0 aliphatic rings. The first kappa shape index (κ1) is 15.2. The number of methoxy groups -OCH3 is 1. The summed E-state index contributed by atoms with van der Waals surface area (Å²) in [6.07, 6.45) is 0. The van der Waals surface area contributed by atoms with E-state index in [1.807, 2.05) is 25.1 Å². The number of para-hydroxylation sites is 1. The quantitative estimate of drug-likeness (QED) is 0.579. The fourth-order valence-corrected chi connectivity index (χ4v) is 3.21. The highest BCUT2D eigenvalue weighted by atomic mass is 79.9. The van der Waals surface area contributed by atoms with Crippen LogP contribution in [0.3, 0.4) is 0 Å². The maximum Gasteiger partial charge on any atom is 0.206 e. The summed E-state index contributed by atoms with van der Waals surface area (Å²) < 4.78 is 11.5. The molecule has 3 nitrogen and oxygen atoms in total. The predicted octanol–water partition coefficient (Wildman–Crippen LogP) is 4.08. The Hall–Kier alpha value is -1.17. The van der Waals surface area contributed by atoms with E-state index in [9.17, 15) is 4.79 Å². The molecule has 20 heavy (non-hydrogen) atoms. The molecule has 0 N–H and O–H groups in total. The van der Waals surface area contributed by atoms with Crippen LogP contribution in [0.2, 0.25) is 0 Å². The number of thiophene rings is 1. The maximum atomic E-state index is 12.5. The first-order chi connectivity index (χ1) is 9.63. The number of hydrogen-bond acceptors (Lipinski definition) is 4. The monoisotopic (exact) mass is 354 g/mol. The van der Waals surface area contributed by atoms with Crippen molar-refractivity contribution in [3.05, 3.63) is 50.1 Å². The minimum absolute atomic E-state index is 0.0168. The minimum atomic E-state index is -0.0168. The first-order valence-corrected chi connectivity index (χ1v) is 7.76. The van der Waals surface area contributed by atoms with Gasteiger partial charge in [0.25, 0.3) is 0 Å². The molecular weight excluding hydrogens is 340 g/mol. The van der Waals surface area contributed by atoms with Crippen LogP contribution in [0, 0.1) is 6.92 Å². The zero-order chi connectivity index (χ0) is 14.5. The van der Waals surface area contributed by atoms with Crippen molar-refractivity contribution in [3.63, 3.8) is 0 Å². The Morgan fingerprint density at radius 1 is 1.30 bits per heavy atom. The third-order valence-corrected chi connectivity index (χ3v) is 4.89. The van der Waals surface area contributed by atoms with Crippen LogP contribution in [0.25, 0.3) is 0 Å². The summed E-state index contributed by atoms with van der Waals surface area (Å²) in [4.78, 5) is 13.2. The normalized spacial score (nSPS) is 10.6. The number of benzene rings is 1. The molecule has 0 spiro atoms. The van der Waals surface area contributed by atoms with Crippen LogP contribution in [0.4, 0.5) is 0 Å². The van der Waals surface area contributed by atoms with Gasteiger partial charge in [0.1, 0.15) is 12.4 Å². The lowest BCUT2D eigenvalue weighted by Gasteiger charge is -2.09. The molecule has 0 amide bonds. The molecule has 1 heterocycles. The van der Waals surface area contributed by atoms with Crippen molar-refractivity contribution in [1.82, 2.24) is 0 Å². The summed E-state index contributed by atoms with van der Waals surface area (Å²) >= 11 is 4.89.